The lowest BCUT2D eigenvalue weighted by Crippen LogP contribution is -2.14. The van der Waals surface area contributed by atoms with Gasteiger partial charge in [-0.2, -0.15) is 0 Å². The van der Waals surface area contributed by atoms with Crippen molar-refractivity contribution in [2.75, 3.05) is 5.32 Å². The van der Waals surface area contributed by atoms with E-state index in [0.29, 0.717) is 12.4 Å². The van der Waals surface area contributed by atoms with E-state index in [-0.39, 0.29) is 5.56 Å². The van der Waals surface area contributed by atoms with Crippen LogP contribution in [0.25, 0.3) is 0 Å². The number of aromatic carboxylic acids is 1. The summed E-state index contributed by atoms with van der Waals surface area (Å²) >= 11 is 1.56. The van der Waals surface area contributed by atoms with E-state index in [9.17, 15) is 9.90 Å². The molecular weight excluding hydrogens is 286 g/mol. The molecule has 0 amide bonds. The molecule has 0 radical (unpaired) electrons. The molecule has 0 saturated carbocycles. The van der Waals surface area contributed by atoms with Crippen molar-refractivity contribution in [2.24, 2.45) is 0 Å². The highest BCUT2D eigenvalue weighted by Crippen LogP contribution is 2.25. The Labute approximate surface area is 127 Å². The summed E-state index contributed by atoms with van der Waals surface area (Å²) in [4.78, 5) is 21.3. The fraction of sp³-hybridized carbons (Fsp3) is 0.400. The minimum atomic E-state index is -0.931. The third-order valence-electron chi connectivity index (χ3n) is 3.79. The molecule has 2 N–H and O–H groups in total. The van der Waals surface area contributed by atoms with Crippen LogP contribution < -0.4 is 5.32 Å². The summed E-state index contributed by atoms with van der Waals surface area (Å²) in [6.45, 7) is 2.51. The number of hydrogen-bond donors (Lipinski definition) is 2. The predicted molar refractivity (Wildman–Crippen MR) is 82.0 cm³/mol. The van der Waals surface area contributed by atoms with Gasteiger partial charge in [-0.15, -0.1) is 11.3 Å². The van der Waals surface area contributed by atoms with Gasteiger partial charge in [0.25, 0.3) is 0 Å². The summed E-state index contributed by atoms with van der Waals surface area (Å²) < 4.78 is 0. The molecule has 5 nitrogen and oxygen atoms in total. The Bertz CT molecular complexity index is 682. The van der Waals surface area contributed by atoms with Gasteiger partial charge in [0, 0.05) is 10.6 Å². The molecule has 1 aliphatic rings. The Morgan fingerprint density at radius 2 is 2.24 bits per heavy atom. The number of aromatic nitrogens is 2. The van der Waals surface area contributed by atoms with Crippen LogP contribution in [0.15, 0.2) is 11.6 Å². The smallest absolute Gasteiger partial charge is 0.339 e. The van der Waals surface area contributed by atoms with Crippen molar-refractivity contribution < 1.29 is 9.90 Å². The average Bonchev–Trinajstić information content (AvgIpc) is 2.89. The highest BCUT2D eigenvalue weighted by molar-refractivity contribution is 7.09. The van der Waals surface area contributed by atoms with Crippen molar-refractivity contribution in [1.82, 2.24) is 9.97 Å². The maximum Gasteiger partial charge on any atom is 0.339 e. The normalized spacial score (nSPS) is 13.8. The number of rotatable bonds is 4. The number of aryl methyl sites for hydroxylation is 3. The lowest BCUT2D eigenvalue weighted by molar-refractivity contribution is 0.0697. The van der Waals surface area contributed by atoms with Crippen molar-refractivity contribution in [2.45, 2.75) is 39.2 Å². The number of carbonyl (C=O) groups is 1. The number of carboxylic acid groups (broad SMARTS) is 1. The maximum absolute atomic E-state index is 11.4. The topological polar surface area (TPSA) is 75.1 Å². The molecule has 0 aromatic carbocycles. The van der Waals surface area contributed by atoms with E-state index in [1.165, 1.54) is 0 Å². The molecule has 0 aliphatic heterocycles. The van der Waals surface area contributed by atoms with Crippen LogP contribution in [-0.2, 0) is 19.4 Å². The van der Waals surface area contributed by atoms with E-state index in [1.807, 2.05) is 6.92 Å². The largest absolute Gasteiger partial charge is 0.478 e. The van der Waals surface area contributed by atoms with Crippen molar-refractivity contribution >= 4 is 23.1 Å². The Morgan fingerprint density at radius 1 is 1.43 bits per heavy atom. The number of nitrogens with zero attached hydrogens (tertiary/aromatic N) is 2. The van der Waals surface area contributed by atoms with Gasteiger partial charge >= 0.3 is 5.97 Å². The van der Waals surface area contributed by atoms with E-state index in [2.05, 4.69) is 15.3 Å². The fourth-order valence-electron chi connectivity index (χ4n) is 2.59. The molecule has 0 saturated heterocycles. The summed E-state index contributed by atoms with van der Waals surface area (Å²) in [5, 5.41) is 12.6. The summed E-state index contributed by atoms with van der Waals surface area (Å²) in [5.74, 6) is -0.463. The summed E-state index contributed by atoms with van der Waals surface area (Å²) in [5.41, 5.74) is 5.15. The first-order chi connectivity index (χ1) is 10.1. The average molecular weight is 303 g/mol. The molecule has 6 heteroatoms. The van der Waals surface area contributed by atoms with Crippen molar-refractivity contribution in [3.05, 3.63) is 39.0 Å². The molecule has 2 heterocycles. The highest BCUT2D eigenvalue weighted by Gasteiger charge is 2.19. The van der Waals surface area contributed by atoms with Gasteiger partial charge in [0.05, 0.1) is 17.7 Å². The van der Waals surface area contributed by atoms with Crippen LogP contribution in [0.3, 0.4) is 0 Å². The number of thiazole rings is 1. The van der Waals surface area contributed by atoms with Crippen LogP contribution >= 0.6 is 11.3 Å². The van der Waals surface area contributed by atoms with E-state index >= 15 is 0 Å². The van der Waals surface area contributed by atoms with Gasteiger partial charge in [-0.3, -0.25) is 0 Å². The van der Waals surface area contributed by atoms with Crippen LogP contribution in [0.4, 0.5) is 5.82 Å². The van der Waals surface area contributed by atoms with Crippen LogP contribution in [0.1, 0.15) is 45.0 Å². The summed E-state index contributed by atoms with van der Waals surface area (Å²) in [7, 11) is 0. The third kappa shape index (κ3) is 2.90. The molecule has 3 rings (SSSR count). The third-order valence-corrected chi connectivity index (χ3v) is 4.73. The van der Waals surface area contributed by atoms with E-state index < -0.39 is 5.97 Å². The molecule has 21 heavy (non-hydrogen) atoms. The molecule has 0 bridgehead atoms. The van der Waals surface area contributed by atoms with Crippen LogP contribution in [0.2, 0.25) is 0 Å². The molecule has 2 aromatic heterocycles. The van der Waals surface area contributed by atoms with Gasteiger partial charge in [0.1, 0.15) is 11.4 Å². The molecular formula is C15H17N3O2S. The van der Waals surface area contributed by atoms with E-state index in [1.54, 1.807) is 22.9 Å². The van der Waals surface area contributed by atoms with Gasteiger partial charge < -0.3 is 10.4 Å². The SMILES string of the molecule is Cc1ncsc1CNc1nc2c(cc1C(=O)O)CCCC2. The summed E-state index contributed by atoms with van der Waals surface area (Å²) in [6.07, 6.45) is 4.10. The Morgan fingerprint density at radius 3 is 2.95 bits per heavy atom. The highest BCUT2D eigenvalue weighted by atomic mass is 32.1. The zero-order chi connectivity index (χ0) is 14.8. The number of fused-ring (bicyclic) bond motifs is 1. The number of anilines is 1. The molecule has 0 atom stereocenters. The van der Waals surface area contributed by atoms with Crippen LogP contribution in [-0.4, -0.2) is 21.0 Å². The van der Waals surface area contributed by atoms with Gasteiger partial charge in [0.15, 0.2) is 0 Å². The quantitative estimate of drug-likeness (QED) is 0.908. The molecule has 0 spiro atoms. The van der Waals surface area contributed by atoms with Crippen molar-refractivity contribution in [3.8, 4) is 0 Å². The van der Waals surface area contributed by atoms with Crippen molar-refractivity contribution in [3.63, 3.8) is 0 Å². The van der Waals surface area contributed by atoms with Gasteiger partial charge in [0.2, 0.25) is 0 Å². The number of nitrogens with one attached hydrogen (secondary N) is 1. The lowest BCUT2D eigenvalue weighted by Gasteiger charge is -2.18. The van der Waals surface area contributed by atoms with Crippen LogP contribution in [0.5, 0.6) is 0 Å². The van der Waals surface area contributed by atoms with Crippen LogP contribution in [0, 0.1) is 6.92 Å². The first-order valence-electron chi connectivity index (χ1n) is 7.04. The van der Waals surface area contributed by atoms with Gasteiger partial charge in [-0.1, -0.05) is 0 Å². The first kappa shape index (κ1) is 14.0. The second-order valence-corrected chi connectivity index (χ2v) is 6.16. The minimum absolute atomic E-state index is 0.262. The minimum Gasteiger partial charge on any atom is -0.478 e. The summed E-state index contributed by atoms with van der Waals surface area (Å²) in [6, 6.07) is 1.78. The lowest BCUT2D eigenvalue weighted by atomic mass is 9.95. The predicted octanol–water partition coefficient (Wildman–Crippen LogP) is 3.04. The Hall–Kier alpha value is -1.95. The number of pyridine rings is 1. The Kier molecular flexibility index (Phi) is 3.88. The molecule has 0 unspecified atom stereocenters. The molecule has 0 fully saturated rings. The Balaban J connectivity index is 1.89. The van der Waals surface area contributed by atoms with E-state index in [0.717, 1.165) is 47.5 Å². The van der Waals surface area contributed by atoms with E-state index in [4.69, 9.17) is 0 Å². The van der Waals surface area contributed by atoms with Crippen molar-refractivity contribution in [1.29, 1.82) is 0 Å². The number of hydrogen-bond acceptors (Lipinski definition) is 5. The van der Waals surface area contributed by atoms with Gasteiger partial charge in [-0.25, -0.2) is 14.8 Å². The first-order valence-corrected chi connectivity index (χ1v) is 7.92. The second kappa shape index (κ2) is 5.81. The fourth-order valence-corrected chi connectivity index (χ4v) is 3.31. The monoisotopic (exact) mass is 303 g/mol. The maximum atomic E-state index is 11.4. The molecule has 110 valence electrons. The second-order valence-electron chi connectivity index (χ2n) is 5.22. The molecule has 2 aromatic rings. The molecule has 1 aliphatic carbocycles. The standard InChI is InChI=1S/C15H17N3O2S/c1-9-13(21-8-17-9)7-16-14-11(15(19)20)6-10-4-2-3-5-12(10)18-14/h6,8H,2-5,7H2,1H3,(H,16,18)(H,19,20). The zero-order valence-corrected chi connectivity index (χ0v) is 12.7. The number of carboxylic acids is 1. The zero-order valence-electron chi connectivity index (χ0n) is 11.8. The van der Waals surface area contributed by atoms with Gasteiger partial charge in [-0.05, 0) is 44.2 Å².